The van der Waals surface area contributed by atoms with E-state index in [1.165, 1.54) is 12.0 Å². The molecule has 0 saturated carbocycles. The maximum absolute atomic E-state index is 2.33. The summed E-state index contributed by atoms with van der Waals surface area (Å²) in [6.07, 6.45) is 1.18. The van der Waals surface area contributed by atoms with Crippen LogP contribution in [0.5, 0.6) is 0 Å². The highest BCUT2D eigenvalue weighted by molar-refractivity contribution is 8.00. The summed E-state index contributed by atoms with van der Waals surface area (Å²) in [5.74, 6) is 0.772. The SMILES string of the molecule is CC(Cc1ccccc1)SC(C)C(C)C. The summed E-state index contributed by atoms with van der Waals surface area (Å²) in [5, 5.41) is 1.47. The van der Waals surface area contributed by atoms with Crippen molar-refractivity contribution in [1.29, 1.82) is 0 Å². The molecule has 1 aromatic carbocycles. The van der Waals surface area contributed by atoms with Crippen LogP contribution in [0.25, 0.3) is 0 Å². The van der Waals surface area contributed by atoms with E-state index in [-0.39, 0.29) is 0 Å². The minimum absolute atomic E-state index is 0.713. The molecule has 1 aromatic rings. The quantitative estimate of drug-likeness (QED) is 0.712. The van der Waals surface area contributed by atoms with Crippen LogP contribution in [0.2, 0.25) is 0 Å². The van der Waals surface area contributed by atoms with E-state index in [4.69, 9.17) is 0 Å². The summed E-state index contributed by atoms with van der Waals surface area (Å²) in [4.78, 5) is 0. The minimum atomic E-state index is 0.713. The van der Waals surface area contributed by atoms with Gasteiger partial charge in [0.25, 0.3) is 0 Å². The second-order valence-electron chi connectivity index (χ2n) is 4.59. The van der Waals surface area contributed by atoms with E-state index in [1.807, 2.05) is 0 Å². The van der Waals surface area contributed by atoms with Crippen LogP contribution >= 0.6 is 11.8 Å². The molecule has 2 atom stereocenters. The standard InChI is InChI=1S/C14H22S/c1-11(2)13(4)15-12(3)10-14-8-6-5-7-9-14/h5-9,11-13H,10H2,1-4H3. The molecule has 0 aromatic heterocycles. The average Bonchev–Trinajstić information content (AvgIpc) is 2.18. The van der Waals surface area contributed by atoms with Crippen molar-refractivity contribution in [2.24, 2.45) is 5.92 Å². The van der Waals surface area contributed by atoms with Gasteiger partial charge in [0.15, 0.2) is 0 Å². The van der Waals surface area contributed by atoms with Crippen LogP contribution in [-0.4, -0.2) is 10.5 Å². The lowest BCUT2D eigenvalue weighted by Gasteiger charge is -2.20. The van der Waals surface area contributed by atoms with E-state index < -0.39 is 0 Å². The summed E-state index contributed by atoms with van der Waals surface area (Å²) < 4.78 is 0. The lowest BCUT2D eigenvalue weighted by Crippen LogP contribution is -2.12. The summed E-state index contributed by atoms with van der Waals surface area (Å²) in [7, 11) is 0. The Morgan fingerprint density at radius 2 is 1.60 bits per heavy atom. The number of hydrogen-bond donors (Lipinski definition) is 0. The lowest BCUT2D eigenvalue weighted by molar-refractivity contribution is 0.639. The molecular formula is C14H22S. The molecule has 0 nitrogen and oxygen atoms in total. The van der Waals surface area contributed by atoms with E-state index in [0.717, 1.165) is 11.2 Å². The highest BCUT2D eigenvalue weighted by atomic mass is 32.2. The molecule has 1 rings (SSSR count). The Bertz CT molecular complexity index is 266. The van der Waals surface area contributed by atoms with Crippen molar-refractivity contribution in [2.75, 3.05) is 0 Å². The Labute approximate surface area is 98.5 Å². The Balaban J connectivity index is 2.39. The number of hydrogen-bond acceptors (Lipinski definition) is 1. The monoisotopic (exact) mass is 222 g/mol. The molecule has 15 heavy (non-hydrogen) atoms. The van der Waals surface area contributed by atoms with Crippen LogP contribution in [0.3, 0.4) is 0 Å². The Kier molecular flexibility index (Phi) is 5.24. The fourth-order valence-electron chi connectivity index (χ4n) is 1.52. The molecule has 0 aliphatic heterocycles. The molecule has 1 heteroatoms. The van der Waals surface area contributed by atoms with Crippen LogP contribution in [0, 0.1) is 5.92 Å². The third-order valence-corrected chi connectivity index (χ3v) is 4.36. The van der Waals surface area contributed by atoms with Gasteiger partial charge in [-0.2, -0.15) is 11.8 Å². The van der Waals surface area contributed by atoms with Gasteiger partial charge in [0, 0.05) is 10.5 Å². The zero-order chi connectivity index (χ0) is 11.3. The predicted molar refractivity (Wildman–Crippen MR) is 71.5 cm³/mol. The van der Waals surface area contributed by atoms with Crippen molar-refractivity contribution in [3.63, 3.8) is 0 Å². The molecule has 84 valence electrons. The first-order chi connectivity index (χ1) is 7.09. The van der Waals surface area contributed by atoms with Gasteiger partial charge in [0.1, 0.15) is 0 Å². The maximum Gasteiger partial charge on any atom is 0.00618 e. The zero-order valence-electron chi connectivity index (χ0n) is 10.2. The van der Waals surface area contributed by atoms with E-state index in [1.54, 1.807) is 0 Å². The number of rotatable bonds is 5. The van der Waals surface area contributed by atoms with Crippen molar-refractivity contribution < 1.29 is 0 Å². The number of thioether (sulfide) groups is 1. The molecule has 0 bridgehead atoms. The van der Waals surface area contributed by atoms with Crippen molar-refractivity contribution in [3.05, 3.63) is 35.9 Å². The predicted octanol–water partition coefficient (Wildman–Crippen LogP) is 4.40. The van der Waals surface area contributed by atoms with Crippen molar-refractivity contribution in [3.8, 4) is 0 Å². The summed E-state index contributed by atoms with van der Waals surface area (Å²) in [5.41, 5.74) is 1.45. The van der Waals surface area contributed by atoms with Gasteiger partial charge in [0.2, 0.25) is 0 Å². The molecule has 0 fully saturated rings. The van der Waals surface area contributed by atoms with Gasteiger partial charge in [0.05, 0.1) is 0 Å². The third-order valence-electron chi connectivity index (χ3n) is 2.75. The van der Waals surface area contributed by atoms with Crippen molar-refractivity contribution in [1.82, 2.24) is 0 Å². The molecule has 0 amide bonds. The van der Waals surface area contributed by atoms with E-state index >= 15 is 0 Å². The summed E-state index contributed by atoms with van der Waals surface area (Å²) in [6, 6.07) is 10.8. The Hall–Kier alpha value is -0.430. The van der Waals surface area contributed by atoms with Gasteiger partial charge in [-0.15, -0.1) is 0 Å². The lowest BCUT2D eigenvalue weighted by atomic mass is 10.1. The second kappa shape index (κ2) is 6.22. The smallest absolute Gasteiger partial charge is 0.00618 e. The average molecular weight is 222 g/mol. The first kappa shape index (κ1) is 12.6. The van der Waals surface area contributed by atoms with E-state index in [9.17, 15) is 0 Å². The summed E-state index contributed by atoms with van der Waals surface area (Å²) >= 11 is 2.10. The van der Waals surface area contributed by atoms with Crippen LogP contribution in [-0.2, 0) is 6.42 Å². The molecule has 0 radical (unpaired) electrons. The van der Waals surface area contributed by atoms with Gasteiger partial charge >= 0.3 is 0 Å². The minimum Gasteiger partial charge on any atom is -0.155 e. The fraction of sp³-hybridized carbons (Fsp3) is 0.571. The van der Waals surface area contributed by atoms with Crippen LogP contribution in [0.4, 0.5) is 0 Å². The topological polar surface area (TPSA) is 0 Å². The van der Waals surface area contributed by atoms with E-state index in [0.29, 0.717) is 5.25 Å². The molecule has 0 aliphatic rings. The Morgan fingerprint density at radius 3 is 2.13 bits per heavy atom. The largest absolute Gasteiger partial charge is 0.155 e. The molecule has 2 unspecified atom stereocenters. The normalized spacial score (nSPS) is 15.3. The van der Waals surface area contributed by atoms with Gasteiger partial charge < -0.3 is 0 Å². The van der Waals surface area contributed by atoms with Crippen molar-refractivity contribution in [2.45, 2.75) is 44.6 Å². The van der Waals surface area contributed by atoms with Gasteiger partial charge in [-0.05, 0) is 17.9 Å². The molecular weight excluding hydrogens is 200 g/mol. The highest BCUT2D eigenvalue weighted by Gasteiger charge is 2.12. The number of benzene rings is 1. The Morgan fingerprint density at radius 1 is 1.00 bits per heavy atom. The molecule has 0 saturated heterocycles. The van der Waals surface area contributed by atoms with Crippen LogP contribution in [0.15, 0.2) is 30.3 Å². The van der Waals surface area contributed by atoms with Crippen LogP contribution < -0.4 is 0 Å². The van der Waals surface area contributed by atoms with Crippen molar-refractivity contribution >= 4 is 11.8 Å². The molecule has 0 N–H and O–H groups in total. The van der Waals surface area contributed by atoms with Gasteiger partial charge in [-0.3, -0.25) is 0 Å². The molecule has 0 aliphatic carbocycles. The fourth-order valence-corrected chi connectivity index (χ4v) is 2.85. The third kappa shape index (κ3) is 4.74. The van der Waals surface area contributed by atoms with Crippen LogP contribution in [0.1, 0.15) is 33.3 Å². The van der Waals surface area contributed by atoms with E-state index in [2.05, 4.69) is 69.8 Å². The highest BCUT2D eigenvalue weighted by Crippen LogP contribution is 2.25. The van der Waals surface area contributed by atoms with Gasteiger partial charge in [-0.25, -0.2) is 0 Å². The summed E-state index contributed by atoms with van der Waals surface area (Å²) in [6.45, 7) is 9.26. The first-order valence-corrected chi connectivity index (χ1v) is 6.73. The first-order valence-electron chi connectivity index (χ1n) is 5.79. The second-order valence-corrected chi connectivity index (χ2v) is 6.41. The molecule has 0 heterocycles. The molecule has 0 spiro atoms. The zero-order valence-corrected chi connectivity index (χ0v) is 11.1. The maximum atomic E-state index is 2.33. The van der Waals surface area contributed by atoms with Gasteiger partial charge in [-0.1, -0.05) is 58.0 Å².